The first-order valence-corrected chi connectivity index (χ1v) is 3.10. The van der Waals surface area contributed by atoms with Gasteiger partial charge in [-0.2, -0.15) is 0 Å². The second-order valence-electron chi connectivity index (χ2n) is 2.19. The second kappa shape index (κ2) is 2.02. The SMILES string of the molecule is CCC1(F)CCCO1. The third-order valence-electron chi connectivity index (χ3n) is 1.58. The van der Waals surface area contributed by atoms with Gasteiger partial charge >= 0.3 is 0 Å². The summed E-state index contributed by atoms with van der Waals surface area (Å²) in [7, 11) is 0. The van der Waals surface area contributed by atoms with Crippen LogP contribution in [0.4, 0.5) is 4.39 Å². The van der Waals surface area contributed by atoms with Crippen LogP contribution < -0.4 is 0 Å². The lowest BCUT2D eigenvalue weighted by Gasteiger charge is -2.14. The number of hydrogen-bond acceptors (Lipinski definition) is 1. The lowest BCUT2D eigenvalue weighted by atomic mass is 10.2. The van der Waals surface area contributed by atoms with E-state index in [9.17, 15) is 4.39 Å². The normalized spacial score (nSPS) is 38.2. The van der Waals surface area contributed by atoms with Crippen molar-refractivity contribution in [2.75, 3.05) is 6.61 Å². The molecule has 0 saturated carbocycles. The molecule has 1 aliphatic heterocycles. The summed E-state index contributed by atoms with van der Waals surface area (Å²) in [6.45, 7) is 2.41. The van der Waals surface area contributed by atoms with E-state index in [0.29, 0.717) is 19.4 Å². The van der Waals surface area contributed by atoms with Crippen molar-refractivity contribution in [2.24, 2.45) is 0 Å². The molecule has 1 unspecified atom stereocenters. The minimum absolute atomic E-state index is 0.493. The fourth-order valence-electron chi connectivity index (χ4n) is 0.942. The first-order valence-electron chi connectivity index (χ1n) is 3.10. The molecule has 2 heteroatoms. The van der Waals surface area contributed by atoms with Crippen molar-refractivity contribution in [2.45, 2.75) is 32.0 Å². The fourth-order valence-corrected chi connectivity index (χ4v) is 0.942. The maximum Gasteiger partial charge on any atom is 0.208 e. The predicted octanol–water partition coefficient (Wildman–Crippen LogP) is 1.87. The summed E-state index contributed by atoms with van der Waals surface area (Å²) in [5.74, 6) is -1.26. The van der Waals surface area contributed by atoms with Gasteiger partial charge in [-0.25, -0.2) is 4.39 Å². The molecule has 0 amide bonds. The van der Waals surface area contributed by atoms with Crippen molar-refractivity contribution in [1.29, 1.82) is 0 Å². The Balaban J connectivity index is 2.40. The predicted molar refractivity (Wildman–Crippen MR) is 29.3 cm³/mol. The highest BCUT2D eigenvalue weighted by Gasteiger charge is 2.32. The van der Waals surface area contributed by atoms with Crippen molar-refractivity contribution in [3.8, 4) is 0 Å². The minimum atomic E-state index is -1.26. The van der Waals surface area contributed by atoms with E-state index in [1.165, 1.54) is 0 Å². The maximum absolute atomic E-state index is 12.8. The van der Waals surface area contributed by atoms with Gasteiger partial charge in [0.25, 0.3) is 0 Å². The van der Waals surface area contributed by atoms with Gasteiger partial charge in [-0.1, -0.05) is 6.92 Å². The monoisotopic (exact) mass is 118 g/mol. The van der Waals surface area contributed by atoms with E-state index in [1.54, 1.807) is 0 Å². The van der Waals surface area contributed by atoms with Crippen LogP contribution in [0, 0.1) is 0 Å². The standard InChI is InChI=1S/C6H11FO/c1-2-6(7)4-3-5-8-6/h2-5H2,1H3. The van der Waals surface area contributed by atoms with Gasteiger partial charge in [0.2, 0.25) is 5.85 Å². The summed E-state index contributed by atoms with van der Waals surface area (Å²) in [4.78, 5) is 0. The minimum Gasteiger partial charge on any atom is -0.346 e. The van der Waals surface area contributed by atoms with Gasteiger partial charge < -0.3 is 4.74 Å². The molecule has 0 radical (unpaired) electrons. The van der Waals surface area contributed by atoms with Crippen molar-refractivity contribution in [3.63, 3.8) is 0 Å². The molecule has 1 nitrogen and oxygen atoms in total. The van der Waals surface area contributed by atoms with Gasteiger partial charge in [0, 0.05) is 12.8 Å². The quantitative estimate of drug-likeness (QED) is 0.510. The third kappa shape index (κ3) is 0.996. The molecule has 0 bridgehead atoms. The molecule has 48 valence electrons. The molecule has 0 N–H and O–H groups in total. The first kappa shape index (κ1) is 6.02. The highest BCUT2D eigenvalue weighted by atomic mass is 19.2. The number of halogens is 1. The molecule has 1 aliphatic rings. The first-order chi connectivity index (χ1) is 3.77. The van der Waals surface area contributed by atoms with Crippen molar-refractivity contribution < 1.29 is 9.13 Å². The van der Waals surface area contributed by atoms with Crippen LogP contribution in [0.5, 0.6) is 0 Å². The summed E-state index contributed by atoms with van der Waals surface area (Å²) in [6, 6.07) is 0. The maximum atomic E-state index is 12.8. The summed E-state index contributed by atoms with van der Waals surface area (Å²) in [6.07, 6.45) is 1.96. The van der Waals surface area contributed by atoms with Crippen molar-refractivity contribution in [3.05, 3.63) is 0 Å². The Morgan fingerprint density at radius 3 is 2.75 bits per heavy atom. The molecule has 0 aromatic rings. The lowest BCUT2D eigenvalue weighted by molar-refractivity contribution is -0.107. The molecule has 0 aliphatic carbocycles. The largest absolute Gasteiger partial charge is 0.346 e. The van der Waals surface area contributed by atoms with E-state index in [1.807, 2.05) is 6.92 Å². The summed E-state index contributed by atoms with van der Waals surface area (Å²) in [5, 5.41) is 0. The Labute approximate surface area is 48.8 Å². The van der Waals surface area contributed by atoms with Crippen LogP contribution >= 0.6 is 0 Å². The Bertz CT molecular complexity index is 76.6. The Kier molecular flexibility index (Phi) is 1.52. The molecule has 8 heavy (non-hydrogen) atoms. The van der Waals surface area contributed by atoms with Gasteiger partial charge in [-0.3, -0.25) is 0 Å². The van der Waals surface area contributed by atoms with Gasteiger partial charge in [-0.15, -0.1) is 0 Å². The zero-order valence-corrected chi connectivity index (χ0v) is 5.11. The van der Waals surface area contributed by atoms with Crippen LogP contribution in [0.1, 0.15) is 26.2 Å². The molecular formula is C6H11FO. The molecule has 0 aromatic heterocycles. The van der Waals surface area contributed by atoms with Crippen LogP contribution in [0.3, 0.4) is 0 Å². The molecule has 1 fully saturated rings. The van der Waals surface area contributed by atoms with Crippen molar-refractivity contribution >= 4 is 0 Å². The van der Waals surface area contributed by atoms with E-state index in [4.69, 9.17) is 4.74 Å². The zero-order chi connectivity index (χ0) is 6.04. The van der Waals surface area contributed by atoms with Crippen molar-refractivity contribution in [1.82, 2.24) is 0 Å². The van der Waals surface area contributed by atoms with E-state index in [2.05, 4.69) is 0 Å². The van der Waals surface area contributed by atoms with E-state index >= 15 is 0 Å². The van der Waals surface area contributed by atoms with E-state index in [0.717, 1.165) is 6.42 Å². The molecule has 1 rings (SSSR count). The number of alkyl halides is 1. The van der Waals surface area contributed by atoms with Gasteiger partial charge in [0.05, 0.1) is 6.61 Å². The summed E-state index contributed by atoms with van der Waals surface area (Å²) < 4.78 is 17.6. The fraction of sp³-hybridized carbons (Fsp3) is 1.00. The highest BCUT2D eigenvalue weighted by Crippen LogP contribution is 2.29. The Morgan fingerprint density at radius 2 is 2.50 bits per heavy atom. The molecule has 1 heterocycles. The lowest BCUT2D eigenvalue weighted by Crippen LogP contribution is -2.18. The molecule has 1 saturated heterocycles. The number of hydrogen-bond donors (Lipinski definition) is 0. The van der Waals surface area contributed by atoms with E-state index in [-0.39, 0.29) is 0 Å². The van der Waals surface area contributed by atoms with Gasteiger partial charge in [0.15, 0.2) is 0 Å². The van der Waals surface area contributed by atoms with Crippen LogP contribution in [0.25, 0.3) is 0 Å². The van der Waals surface area contributed by atoms with Crippen LogP contribution in [-0.4, -0.2) is 12.5 Å². The molecule has 0 spiro atoms. The van der Waals surface area contributed by atoms with Crippen LogP contribution in [-0.2, 0) is 4.74 Å². The molecule has 1 atom stereocenters. The van der Waals surface area contributed by atoms with Crippen LogP contribution in [0.2, 0.25) is 0 Å². The van der Waals surface area contributed by atoms with Crippen LogP contribution in [0.15, 0.2) is 0 Å². The zero-order valence-electron chi connectivity index (χ0n) is 5.11. The van der Waals surface area contributed by atoms with E-state index < -0.39 is 5.85 Å². The summed E-state index contributed by atoms with van der Waals surface area (Å²) in [5.41, 5.74) is 0. The number of ether oxygens (including phenoxy) is 1. The second-order valence-corrected chi connectivity index (χ2v) is 2.19. The molecular weight excluding hydrogens is 107 g/mol. The third-order valence-corrected chi connectivity index (χ3v) is 1.58. The molecule has 0 aromatic carbocycles. The smallest absolute Gasteiger partial charge is 0.208 e. The Morgan fingerprint density at radius 1 is 1.75 bits per heavy atom. The Hall–Kier alpha value is -0.110. The highest BCUT2D eigenvalue weighted by molar-refractivity contribution is 4.70. The van der Waals surface area contributed by atoms with Gasteiger partial charge in [-0.05, 0) is 6.42 Å². The summed E-state index contributed by atoms with van der Waals surface area (Å²) >= 11 is 0. The topological polar surface area (TPSA) is 9.23 Å². The van der Waals surface area contributed by atoms with Gasteiger partial charge in [0.1, 0.15) is 0 Å². The average Bonchev–Trinajstić information content (AvgIpc) is 2.17. The number of rotatable bonds is 1. The average molecular weight is 118 g/mol.